The Balaban J connectivity index is 2.16. The Bertz CT molecular complexity index is 612. The van der Waals surface area contributed by atoms with Gasteiger partial charge in [0.2, 0.25) is 0 Å². The lowest BCUT2D eigenvalue weighted by Crippen LogP contribution is -2.07. The van der Waals surface area contributed by atoms with Crippen LogP contribution in [-0.2, 0) is 11.2 Å². The van der Waals surface area contributed by atoms with Gasteiger partial charge in [-0.2, -0.15) is 0 Å². The molecule has 0 aromatic heterocycles. The van der Waals surface area contributed by atoms with Crippen LogP contribution >= 0.6 is 0 Å². The summed E-state index contributed by atoms with van der Waals surface area (Å²) in [6.45, 7) is 5.93. The fourth-order valence-electron chi connectivity index (χ4n) is 2.33. The molecule has 0 fully saturated rings. The lowest BCUT2D eigenvalue weighted by atomic mass is 9.96. The summed E-state index contributed by atoms with van der Waals surface area (Å²) in [5.74, 6) is -1.24. The van der Waals surface area contributed by atoms with Crippen LogP contribution in [0, 0.1) is 13.8 Å². The predicted octanol–water partition coefficient (Wildman–Crippen LogP) is 4.08. The molecule has 1 N–H and O–H groups in total. The van der Waals surface area contributed by atoms with Crippen LogP contribution in [0.15, 0.2) is 42.5 Å². The molecule has 0 saturated carbocycles. The largest absolute Gasteiger partial charge is 0.481 e. The van der Waals surface area contributed by atoms with Crippen molar-refractivity contribution in [2.24, 2.45) is 0 Å². The van der Waals surface area contributed by atoms with Gasteiger partial charge in [0.25, 0.3) is 0 Å². The Morgan fingerprint density at radius 1 is 1.10 bits per heavy atom. The van der Waals surface area contributed by atoms with Crippen molar-refractivity contribution in [1.29, 1.82) is 0 Å². The first-order valence-electron chi connectivity index (χ1n) is 6.85. The summed E-state index contributed by atoms with van der Waals surface area (Å²) in [6.07, 6.45) is 0.883. The number of carbonyl (C=O) groups is 1. The number of rotatable bonds is 4. The molecule has 1 unspecified atom stereocenters. The quantitative estimate of drug-likeness (QED) is 0.907. The first kappa shape index (κ1) is 14.3. The highest BCUT2D eigenvalue weighted by Gasteiger charge is 2.13. The monoisotopic (exact) mass is 268 g/mol. The maximum absolute atomic E-state index is 11.0. The number of benzene rings is 2. The van der Waals surface area contributed by atoms with E-state index in [1.165, 1.54) is 22.3 Å². The molecule has 0 spiro atoms. The summed E-state index contributed by atoms with van der Waals surface area (Å²) >= 11 is 0. The van der Waals surface area contributed by atoms with Gasteiger partial charge < -0.3 is 5.11 Å². The van der Waals surface area contributed by atoms with Gasteiger partial charge in [-0.1, -0.05) is 48.0 Å². The minimum atomic E-state index is -0.785. The first-order chi connectivity index (χ1) is 9.47. The first-order valence-corrected chi connectivity index (χ1v) is 6.85. The molecule has 0 aliphatic heterocycles. The van der Waals surface area contributed by atoms with E-state index in [9.17, 15) is 4.79 Å². The van der Waals surface area contributed by atoms with E-state index < -0.39 is 11.9 Å². The van der Waals surface area contributed by atoms with Crippen molar-refractivity contribution in [3.05, 3.63) is 70.3 Å². The average Bonchev–Trinajstić information content (AvgIpc) is 2.42. The van der Waals surface area contributed by atoms with Gasteiger partial charge in [-0.15, -0.1) is 0 Å². The highest BCUT2D eigenvalue weighted by atomic mass is 16.4. The van der Waals surface area contributed by atoms with Crippen LogP contribution in [0.1, 0.15) is 40.7 Å². The lowest BCUT2D eigenvalue weighted by Gasteiger charge is -2.10. The van der Waals surface area contributed by atoms with Crippen LogP contribution in [0.5, 0.6) is 0 Å². The maximum atomic E-state index is 11.0. The third kappa shape index (κ3) is 3.27. The Morgan fingerprint density at radius 2 is 1.75 bits per heavy atom. The van der Waals surface area contributed by atoms with E-state index in [0.29, 0.717) is 0 Å². The molecular weight excluding hydrogens is 248 g/mol. The smallest absolute Gasteiger partial charge is 0.310 e. The summed E-state index contributed by atoms with van der Waals surface area (Å²) in [5, 5.41) is 9.00. The van der Waals surface area contributed by atoms with E-state index >= 15 is 0 Å². The highest BCUT2D eigenvalue weighted by molar-refractivity contribution is 5.75. The zero-order valence-corrected chi connectivity index (χ0v) is 12.2. The van der Waals surface area contributed by atoms with Crippen molar-refractivity contribution in [3.63, 3.8) is 0 Å². The second-order valence-corrected chi connectivity index (χ2v) is 5.41. The van der Waals surface area contributed by atoms with Crippen LogP contribution in [0.4, 0.5) is 0 Å². The molecule has 1 atom stereocenters. The van der Waals surface area contributed by atoms with Crippen molar-refractivity contribution in [2.45, 2.75) is 33.1 Å². The van der Waals surface area contributed by atoms with Crippen LogP contribution < -0.4 is 0 Å². The number of carboxylic acids is 1. The van der Waals surface area contributed by atoms with Crippen LogP contribution in [0.25, 0.3) is 0 Å². The molecule has 0 aliphatic rings. The third-order valence-corrected chi connectivity index (χ3v) is 3.74. The van der Waals surface area contributed by atoms with Gasteiger partial charge in [-0.25, -0.2) is 0 Å². The van der Waals surface area contributed by atoms with Crippen molar-refractivity contribution < 1.29 is 9.90 Å². The average molecular weight is 268 g/mol. The van der Waals surface area contributed by atoms with Gasteiger partial charge in [-0.05, 0) is 49.4 Å². The number of carboxylic acid groups (broad SMARTS) is 1. The molecule has 2 aromatic carbocycles. The van der Waals surface area contributed by atoms with E-state index in [1.807, 2.05) is 24.3 Å². The number of aliphatic carboxylic acids is 1. The summed E-state index contributed by atoms with van der Waals surface area (Å²) in [5.41, 5.74) is 5.94. The molecule has 2 aromatic rings. The van der Waals surface area contributed by atoms with Crippen molar-refractivity contribution in [1.82, 2.24) is 0 Å². The van der Waals surface area contributed by atoms with Gasteiger partial charge in [0, 0.05) is 0 Å². The van der Waals surface area contributed by atoms with Gasteiger partial charge >= 0.3 is 5.97 Å². The Morgan fingerprint density at radius 3 is 2.30 bits per heavy atom. The maximum Gasteiger partial charge on any atom is 0.310 e. The molecular formula is C18H20O2. The number of hydrogen-bond acceptors (Lipinski definition) is 1. The summed E-state index contributed by atoms with van der Waals surface area (Å²) in [7, 11) is 0. The molecule has 0 amide bonds. The van der Waals surface area contributed by atoms with Crippen molar-refractivity contribution >= 4 is 5.97 Å². The zero-order valence-electron chi connectivity index (χ0n) is 12.2. The Labute approximate surface area is 120 Å². The second-order valence-electron chi connectivity index (χ2n) is 5.41. The third-order valence-electron chi connectivity index (χ3n) is 3.74. The second kappa shape index (κ2) is 5.91. The molecule has 2 rings (SSSR count). The predicted molar refractivity (Wildman–Crippen MR) is 81.2 cm³/mol. The van der Waals surface area contributed by atoms with Gasteiger partial charge in [0.05, 0.1) is 5.92 Å². The molecule has 0 aliphatic carbocycles. The SMILES string of the molecule is Cc1ccc(Cc2ccc(C(C)C(=O)O)cc2)c(C)c1. The van der Waals surface area contributed by atoms with E-state index in [0.717, 1.165) is 12.0 Å². The summed E-state index contributed by atoms with van der Waals surface area (Å²) < 4.78 is 0. The van der Waals surface area contributed by atoms with Crippen molar-refractivity contribution in [3.8, 4) is 0 Å². The van der Waals surface area contributed by atoms with Crippen LogP contribution in [0.3, 0.4) is 0 Å². The standard InChI is InChI=1S/C18H20O2/c1-12-4-7-17(13(2)10-12)11-15-5-8-16(9-6-15)14(3)18(19)20/h4-10,14H,11H2,1-3H3,(H,19,20). The topological polar surface area (TPSA) is 37.3 Å². The van der Waals surface area contributed by atoms with Crippen molar-refractivity contribution in [2.75, 3.05) is 0 Å². The van der Waals surface area contributed by atoms with Gasteiger partial charge in [0.1, 0.15) is 0 Å². The molecule has 2 heteroatoms. The molecule has 2 nitrogen and oxygen atoms in total. The normalized spacial score (nSPS) is 12.2. The molecule has 0 bridgehead atoms. The van der Waals surface area contributed by atoms with Gasteiger partial charge in [-0.3, -0.25) is 4.79 Å². The Kier molecular flexibility index (Phi) is 4.23. The van der Waals surface area contributed by atoms with Crippen LogP contribution in [-0.4, -0.2) is 11.1 Å². The molecule has 0 radical (unpaired) electrons. The fraction of sp³-hybridized carbons (Fsp3) is 0.278. The molecule has 20 heavy (non-hydrogen) atoms. The minimum Gasteiger partial charge on any atom is -0.481 e. The van der Waals surface area contributed by atoms with Gasteiger partial charge in [0.15, 0.2) is 0 Å². The summed E-state index contributed by atoms with van der Waals surface area (Å²) in [4.78, 5) is 11.0. The minimum absolute atomic E-state index is 0.454. The molecule has 104 valence electrons. The van der Waals surface area contributed by atoms with Crippen LogP contribution in [0.2, 0.25) is 0 Å². The molecule has 0 saturated heterocycles. The Hall–Kier alpha value is -2.09. The lowest BCUT2D eigenvalue weighted by molar-refractivity contribution is -0.138. The van der Waals surface area contributed by atoms with E-state index in [2.05, 4.69) is 32.0 Å². The molecule has 0 heterocycles. The highest BCUT2D eigenvalue weighted by Crippen LogP contribution is 2.19. The zero-order chi connectivity index (χ0) is 14.7. The summed E-state index contributed by atoms with van der Waals surface area (Å²) in [6, 6.07) is 14.4. The number of hydrogen-bond donors (Lipinski definition) is 1. The fourth-order valence-corrected chi connectivity index (χ4v) is 2.33. The van der Waals surface area contributed by atoms with E-state index in [-0.39, 0.29) is 0 Å². The number of aryl methyl sites for hydroxylation is 2. The van der Waals surface area contributed by atoms with E-state index in [4.69, 9.17) is 5.11 Å². The van der Waals surface area contributed by atoms with E-state index in [1.54, 1.807) is 6.92 Å².